The lowest BCUT2D eigenvalue weighted by Gasteiger charge is -2.38. The number of fused-ring (bicyclic) bond motifs is 1. The van der Waals surface area contributed by atoms with E-state index in [0.29, 0.717) is 12.8 Å². The number of carbonyl (C=O) groups excluding carboxylic acids is 3. The zero-order chi connectivity index (χ0) is 24.1. The van der Waals surface area contributed by atoms with E-state index in [1.807, 2.05) is 37.3 Å². The van der Waals surface area contributed by atoms with Gasteiger partial charge in [0.05, 0.1) is 30.1 Å². The molecule has 8 nitrogen and oxygen atoms in total. The first-order chi connectivity index (χ1) is 16.4. The van der Waals surface area contributed by atoms with Crippen molar-refractivity contribution in [3.05, 3.63) is 35.9 Å². The van der Waals surface area contributed by atoms with Gasteiger partial charge < -0.3 is 25.4 Å². The molecule has 1 saturated carbocycles. The molecule has 3 amide bonds. The molecule has 2 bridgehead atoms. The minimum atomic E-state index is -1.08. The highest BCUT2D eigenvalue weighted by Crippen LogP contribution is 2.64. The Labute approximate surface area is 200 Å². The predicted octanol–water partition coefficient (Wildman–Crippen LogP) is 1.68. The van der Waals surface area contributed by atoms with E-state index in [1.165, 1.54) is 11.3 Å². The van der Waals surface area contributed by atoms with Crippen LogP contribution in [0.1, 0.15) is 63.5 Å². The highest BCUT2D eigenvalue weighted by Gasteiger charge is 2.78. The third kappa shape index (κ3) is 3.37. The SMILES string of the molecule is CNC(=O)[C@H]1[C@H]2C(=O)N([C@H](CO)c3ccccc3)C(C(=O)NC3CCCCC3)C23CC[C@]1(C)O3. The summed E-state index contributed by atoms with van der Waals surface area (Å²) in [5.41, 5.74) is -1.12. The predicted molar refractivity (Wildman–Crippen MR) is 124 cm³/mol. The Bertz CT molecular complexity index is 964. The smallest absolute Gasteiger partial charge is 0.246 e. The second-order valence-electron chi connectivity index (χ2n) is 10.5. The molecule has 1 spiro atoms. The molecule has 0 aromatic heterocycles. The number of aliphatic hydroxyl groups is 1. The van der Waals surface area contributed by atoms with E-state index in [4.69, 9.17) is 4.74 Å². The fraction of sp³-hybridized carbons (Fsp3) is 0.654. The molecule has 1 aromatic rings. The van der Waals surface area contributed by atoms with Gasteiger partial charge in [-0.25, -0.2) is 0 Å². The van der Waals surface area contributed by atoms with Crippen molar-refractivity contribution in [2.75, 3.05) is 13.7 Å². The van der Waals surface area contributed by atoms with Gasteiger partial charge in [-0.05, 0) is 38.2 Å². The second kappa shape index (κ2) is 8.64. The molecule has 8 heteroatoms. The molecule has 3 heterocycles. The number of ether oxygens (including phenoxy) is 1. The number of carbonyl (C=O) groups is 3. The number of hydrogen-bond donors (Lipinski definition) is 3. The largest absolute Gasteiger partial charge is 0.394 e. The Morgan fingerprint density at radius 2 is 1.85 bits per heavy atom. The summed E-state index contributed by atoms with van der Waals surface area (Å²) in [6.07, 6.45) is 6.28. The van der Waals surface area contributed by atoms with E-state index in [2.05, 4.69) is 10.6 Å². The summed E-state index contributed by atoms with van der Waals surface area (Å²) in [6, 6.07) is 7.76. The summed E-state index contributed by atoms with van der Waals surface area (Å²) < 4.78 is 6.60. The first-order valence-electron chi connectivity index (χ1n) is 12.6. The molecule has 4 fully saturated rings. The summed E-state index contributed by atoms with van der Waals surface area (Å²) >= 11 is 0. The summed E-state index contributed by atoms with van der Waals surface area (Å²) in [6.45, 7) is 1.56. The Kier molecular flexibility index (Phi) is 5.92. The van der Waals surface area contributed by atoms with Crippen LogP contribution >= 0.6 is 0 Å². The lowest BCUT2D eigenvalue weighted by atomic mass is 9.66. The van der Waals surface area contributed by atoms with Crippen molar-refractivity contribution in [3.63, 3.8) is 0 Å². The number of amides is 3. The van der Waals surface area contributed by atoms with Crippen LogP contribution in [0.25, 0.3) is 0 Å². The summed E-state index contributed by atoms with van der Waals surface area (Å²) in [5.74, 6) is -2.20. The molecule has 184 valence electrons. The number of nitrogens with one attached hydrogen (secondary N) is 2. The molecule has 0 radical (unpaired) electrons. The van der Waals surface area contributed by atoms with Crippen LogP contribution in [0.5, 0.6) is 0 Å². The summed E-state index contributed by atoms with van der Waals surface area (Å²) in [5, 5.41) is 16.3. The lowest BCUT2D eigenvalue weighted by Crippen LogP contribution is -2.57. The van der Waals surface area contributed by atoms with Crippen LogP contribution in [0.3, 0.4) is 0 Å². The molecule has 6 atom stereocenters. The molecule has 5 rings (SSSR count). The fourth-order valence-electron chi connectivity index (χ4n) is 7.11. The molecule has 1 aromatic carbocycles. The van der Waals surface area contributed by atoms with Crippen molar-refractivity contribution < 1.29 is 24.2 Å². The molecule has 1 aliphatic carbocycles. The van der Waals surface area contributed by atoms with Gasteiger partial charge in [-0.2, -0.15) is 0 Å². The third-order valence-electron chi connectivity index (χ3n) is 8.64. The second-order valence-corrected chi connectivity index (χ2v) is 10.5. The van der Waals surface area contributed by atoms with Gasteiger partial charge in [-0.15, -0.1) is 0 Å². The minimum absolute atomic E-state index is 0.0712. The Balaban J connectivity index is 1.58. The van der Waals surface area contributed by atoms with Crippen LogP contribution in [0.2, 0.25) is 0 Å². The monoisotopic (exact) mass is 469 g/mol. The van der Waals surface area contributed by atoms with Crippen molar-refractivity contribution in [3.8, 4) is 0 Å². The number of hydrogen-bond acceptors (Lipinski definition) is 5. The number of aliphatic hydroxyl groups excluding tert-OH is 1. The highest BCUT2D eigenvalue weighted by atomic mass is 16.5. The molecule has 2 unspecified atom stereocenters. The van der Waals surface area contributed by atoms with Gasteiger partial charge in [0.25, 0.3) is 0 Å². The minimum Gasteiger partial charge on any atom is -0.394 e. The van der Waals surface area contributed by atoms with Crippen LogP contribution < -0.4 is 10.6 Å². The topological polar surface area (TPSA) is 108 Å². The Hall–Kier alpha value is -2.45. The Morgan fingerprint density at radius 3 is 2.50 bits per heavy atom. The van der Waals surface area contributed by atoms with Crippen molar-refractivity contribution in [1.82, 2.24) is 15.5 Å². The quantitative estimate of drug-likeness (QED) is 0.588. The Morgan fingerprint density at radius 1 is 1.15 bits per heavy atom. The molecule has 34 heavy (non-hydrogen) atoms. The third-order valence-corrected chi connectivity index (χ3v) is 8.64. The van der Waals surface area contributed by atoms with Gasteiger partial charge in [-0.1, -0.05) is 49.6 Å². The average molecular weight is 470 g/mol. The van der Waals surface area contributed by atoms with Crippen molar-refractivity contribution >= 4 is 17.7 Å². The van der Waals surface area contributed by atoms with Crippen molar-refractivity contribution in [2.45, 2.75) is 81.2 Å². The molecule has 4 aliphatic rings. The summed E-state index contributed by atoms with van der Waals surface area (Å²) in [4.78, 5) is 42.5. The standard InChI is InChI=1S/C26H35N3O5/c1-25-13-14-26(34-25)20(19(25)22(31)27-2)24(33)29(18(15-30)16-9-5-3-6-10-16)21(26)23(32)28-17-11-7-4-8-12-17/h3,5-6,9-10,17-21,30H,4,7-8,11-15H2,1-2H3,(H,27,31)(H,28,32)/t18-,19-,20+,21?,25+,26?/m1/s1. The van der Waals surface area contributed by atoms with Crippen LogP contribution in [0, 0.1) is 11.8 Å². The fourth-order valence-corrected chi connectivity index (χ4v) is 7.11. The van der Waals surface area contributed by atoms with E-state index < -0.39 is 35.1 Å². The number of likely N-dealkylation sites (tertiary alicyclic amines) is 1. The van der Waals surface area contributed by atoms with E-state index in [1.54, 1.807) is 7.05 Å². The molecular formula is C26H35N3O5. The van der Waals surface area contributed by atoms with Gasteiger partial charge in [0.1, 0.15) is 11.6 Å². The van der Waals surface area contributed by atoms with E-state index >= 15 is 0 Å². The van der Waals surface area contributed by atoms with E-state index in [0.717, 1.165) is 31.2 Å². The maximum Gasteiger partial charge on any atom is 0.246 e. The van der Waals surface area contributed by atoms with Crippen LogP contribution in [0.15, 0.2) is 30.3 Å². The van der Waals surface area contributed by atoms with Gasteiger partial charge in [0, 0.05) is 13.1 Å². The van der Waals surface area contributed by atoms with Gasteiger partial charge in [-0.3, -0.25) is 14.4 Å². The molecule has 3 saturated heterocycles. The first-order valence-corrected chi connectivity index (χ1v) is 12.6. The van der Waals surface area contributed by atoms with E-state index in [9.17, 15) is 19.5 Å². The highest BCUT2D eigenvalue weighted by molar-refractivity contribution is 5.99. The van der Waals surface area contributed by atoms with Crippen LogP contribution in [-0.4, -0.2) is 64.7 Å². The molecule has 3 aliphatic heterocycles. The normalized spacial score (nSPS) is 35.8. The zero-order valence-electron chi connectivity index (χ0n) is 20.0. The van der Waals surface area contributed by atoms with Crippen molar-refractivity contribution in [2.24, 2.45) is 11.8 Å². The lowest BCUT2D eigenvalue weighted by molar-refractivity contribution is -0.150. The summed E-state index contributed by atoms with van der Waals surface area (Å²) in [7, 11) is 1.56. The van der Waals surface area contributed by atoms with Crippen LogP contribution in [0.4, 0.5) is 0 Å². The van der Waals surface area contributed by atoms with Gasteiger partial charge in [0.2, 0.25) is 17.7 Å². The van der Waals surface area contributed by atoms with Crippen molar-refractivity contribution in [1.29, 1.82) is 0 Å². The zero-order valence-corrected chi connectivity index (χ0v) is 20.0. The maximum absolute atomic E-state index is 14.1. The van der Waals surface area contributed by atoms with E-state index in [-0.39, 0.29) is 30.4 Å². The number of rotatable bonds is 6. The number of benzene rings is 1. The van der Waals surface area contributed by atoms with Crippen LogP contribution in [-0.2, 0) is 19.1 Å². The average Bonchev–Trinajstić information content (AvgIpc) is 3.41. The van der Waals surface area contributed by atoms with Gasteiger partial charge in [0.15, 0.2) is 0 Å². The molecular weight excluding hydrogens is 434 g/mol. The molecule has 3 N–H and O–H groups in total. The first kappa shape index (κ1) is 23.3. The maximum atomic E-state index is 14.1. The number of nitrogens with zero attached hydrogens (tertiary/aromatic N) is 1. The van der Waals surface area contributed by atoms with Gasteiger partial charge >= 0.3 is 0 Å².